The number of Topliss-reactive ketones (excluding diaryl/α,β-unsaturated/α-hetero) is 1. The Morgan fingerprint density at radius 1 is 1.00 bits per heavy atom. The van der Waals surface area contributed by atoms with E-state index >= 15 is 0 Å². The van der Waals surface area contributed by atoms with Gasteiger partial charge in [-0.25, -0.2) is 4.31 Å². The van der Waals surface area contributed by atoms with Crippen LogP contribution in [0.25, 0.3) is 0 Å². The van der Waals surface area contributed by atoms with Crippen LogP contribution in [0.4, 0.5) is 0 Å². The first-order valence-corrected chi connectivity index (χ1v) is 12.8. The lowest BCUT2D eigenvalue weighted by molar-refractivity contribution is -0.132. The molecule has 0 N–H and O–H groups in total. The van der Waals surface area contributed by atoms with Crippen molar-refractivity contribution in [2.45, 2.75) is 37.9 Å². The first-order chi connectivity index (χ1) is 13.1. The minimum absolute atomic E-state index is 0.110. The number of piperidine rings is 2. The molecule has 5 heteroatoms. The highest BCUT2D eigenvalue weighted by Crippen LogP contribution is 2.48. The van der Waals surface area contributed by atoms with Gasteiger partial charge in [-0.1, -0.05) is 60.2 Å². The van der Waals surface area contributed by atoms with Crippen LogP contribution in [0.2, 0.25) is 0 Å². The molecule has 2 saturated heterocycles. The van der Waals surface area contributed by atoms with Gasteiger partial charge in [0, 0.05) is 52.2 Å². The van der Waals surface area contributed by atoms with Crippen LogP contribution >= 0.6 is 30.3 Å². The molecule has 4 rings (SSSR count). The molecule has 0 amide bonds. The number of carbonyl (C=O) groups is 1. The van der Waals surface area contributed by atoms with Crippen molar-refractivity contribution < 1.29 is 4.79 Å². The van der Waals surface area contributed by atoms with Crippen molar-refractivity contribution in [3.05, 3.63) is 71.3 Å². The zero-order valence-corrected chi connectivity index (χ0v) is 18.7. The average molecular weight is 492 g/mol. The largest absolute Gasteiger partial charge is 0.299 e. The summed E-state index contributed by atoms with van der Waals surface area (Å²) in [6.07, 6.45) is 1.61. The number of hydrogen-bond acceptors (Lipinski definition) is 4. The Morgan fingerprint density at radius 2 is 1.67 bits per heavy atom. The third-order valence-electron chi connectivity index (χ3n) is 6.11. The number of ketones is 1. The van der Waals surface area contributed by atoms with Crippen LogP contribution in [-0.2, 0) is 4.79 Å². The number of rotatable bonds is 3. The number of aryl methyl sites for hydroxylation is 1. The molecule has 142 valence electrons. The van der Waals surface area contributed by atoms with Crippen molar-refractivity contribution in [3.8, 4) is 0 Å². The minimum Gasteiger partial charge on any atom is -0.299 e. The van der Waals surface area contributed by atoms with E-state index in [0.717, 1.165) is 13.0 Å². The second-order valence-electron chi connectivity index (χ2n) is 7.80. The maximum absolute atomic E-state index is 13.1. The second-order valence-corrected chi connectivity index (χ2v) is 9.54. The molecular formula is C22H25IN2OS. The van der Waals surface area contributed by atoms with Crippen LogP contribution in [0.15, 0.2) is 54.6 Å². The second kappa shape index (κ2) is 8.23. The van der Waals surface area contributed by atoms with E-state index < -0.39 is 0 Å². The zero-order valence-electron chi connectivity index (χ0n) is 15.7. The van der Waals surface area contributed by atoms with Gasteiger partial charge in [-0.2, -0.15) is 0 Å². The minimum atomic E-state index is 0.110. The topological polar surface area (TPSA) is 23.6 Å². The van der Waals surface area contributed by atoms with Crippen molar-refractivity contribution in [2.75, 3.05) is 13.6 Å². The highest BCUT2D eigenvalue weighted by atomic mass is 127. The van der Waals surface area contributed by atoms with Crippen molar-refractivity contribution in [3.63, 3.8) is 0 Å². The molecule has 2 aliphatic rings. The van der Waals surface area contributed by atoms with Crippen LogP contribution in [0.3, 0.4) is 0 Å². The molecule has 0 spiro atoms. The van der Waals surface area contributed by atoms with Gasteiger partial charge in [-0.15, -0.1) is 0 Å². The standard InChI is InChI=1S/C22H25IN2OS/c1-15-8-10-17(11-9-15)20-13-22(26)18-14-24(2)19(12-21(18)25(20)27-23)16-6-4-3-5-7-16/h3-11,18-21H,12-14H2,1-2H3/t18-,19?,20?,21+/m1/s1. The molecule has 2 fully saturated rings. The Bertz CT molecular complexity index is 798. The van der Waals surface area contributed by atoms with Crippen molar-refractivity contribution in [2.24, 2.45) is 5.92 Å². The molecule has 0 bridgehead atoms. The predicted octanol–water partition coefficient (Wildman–Crippen LogP) is 5.37. The van der Waals surface area contributed by atoms with Crippen LogP contribution in [0.1, 0.15) is 41.6 Å². The van der Waals surface area contributed by atoms with Gasteiger partial charge >= 0.3 is 0 Å². The molecule has 2 aliphatic heterocycles. The number of carbonyl (C=O) groups excluding carboxylic acids is 1. The molecule has 2 aromatic carbocycles. The molecular weight excluding hydrogens is 467 g/mol. The summed E-state index contributed by atoms with van der Waals surface area (Å²) in [5, 5.41) is 0. The molecule has 4 atom stereocenters. The van der Waals surface area contributed by atoms with Crippen molar-refractivity contribution in [1.29, 1.82) is 0 Å². The number of halogens is 1. The lowest BCUT2D eigenvalue weighted by Crippen LogP contribution is -2.56. The highest BCUT2D eigenvalue weighted by molar-refractivity contribution is 14.2. The van der Waals surface area contributed by atoms with Gasteiger partial charge in [0.15, 0.2) is 0 Å². The summed E-state index contributed by atoms with van der Waals surface area (Å²) in [6.45, 7) is 2.95. The fraction of sp³-hybridized carbons (Fsp3) is 0.409. The fourth-order valence-corrected chi connectivity index (χ4v) is 6.94. The van der Waals surface area contributed by atoms with E-state index in [4.69, 9.17) is 0 Å². The molecule has 0 aliphatic carbocycles. The Hall–Kier alpha value is -0.890. The van der Waals surface area contributed by atoms with Gasteiger partial charge in [-0.3, -0.25) is 9.69 Å². The third-order valence-corrected chi connectivity index (χ3v) is 8.16. The van der Waals surface area contributed by atoms with E-state index in [0.29, 0.717) is 18.2 Å². The monoisotopic (exact) mass is 492 g/mol. The molecule has 27 heavy (non-hydrogen) atoms. The van der Waals surface area contributed by atoms with E-state index in [1.54, 1.807) is 9.12 Å². The van der Waals surface area contributed by atoms with Crippen LogP contribution < -0.4 is 0 Å². The van der Waals surface area contributed by atoms with Gasteiger partial charge in [0.05, 0.1) is 6.04 Å². The Labute approximate surface area is 178 Å². The van der Waals surface area contributed by atoms with Crippen LogP contribution in [0, 0.1) is 12.8 Å². The Kier molecular flexibility index (Phi) is 5.92. The van der Waals surface area contributed by atoms with Crippen molar-refractivity contribution in [1.82, 2.24) is 9.21 Å². The summed E-state index contributed by atoms with van der Waals surface area (Å²) >= 11 is 2.40. The zero-order chi connectivity index (χ0) is 19.0. The third kappa shape index (κ3) is 3.84. The van der Waals surface area contributed by atoms with E-state index in [1.165, 1.54) is 16.7 Å². The molecule has 0 aromatic heterocycles. The molecule has 2 aromatic rings. The fourth-order valence-electron chi connectivity index (χ4n) is 4.61. The number of hydrogen-bond donors (Lipinski definition) is 0. The number of benzene rings is 2. The summed E-state index contributed by atoms with van der Waals surface area (Å²) < 4.78 is 2.50. The molecule has 2 unspecified atom stereocenters. The van der Waals surface area contributed by atoms with Gasteiger partial charge in [0.1, 0.15) is 5.78 Å². The van der Waals surface area contributed by atoms with E-state index in [2.05, 4.69) is 99.0 Å². The number of fused-ring (bicyclic) bond motifs is 1. The summed E-state index contributed by atoms with van der Waals surface area (Å²) in [6, 6.07) is 20.2. The maximum Gasteiger partial charge on any atom is 0.140 e. The average Bonchev–Trinajstić information content (AvgIpc) is 2.69. The molecule has 2 heterocycles. The number of likely N-dealkylation sites (tertiary alicyclic amines) is 1. The summed E-state index contributed by atoms with van der Waals surface area (Å²) in [5.41, 5.74) is 3.87. The smallest absolute Gasteiger partial charge is 0.140 e. The van der Waals surface area contributed by atoms with Gasteiger partial charge in [-0.05, 0) is 40.6 Å². The predicted molar refractivity (Wildman–Crippen MR) is 121 cm³/mol. The van der Waals surface area contributed by atoms with Gasteiger partial charge < -0.3 is 0 Å². The maximum atomic E-state index is 13.1. The van der Waals surface area contributed by atoms with Crippen molar-refractivity contribution >= 4 is 36.1 Å². The first-order valence-electron chi connectivity index (χ1n) is 9.50. The highest BCUT2D eigenvalue weighted by Gasteiger charge is 2.47. The lowest BCUT2D eigenvalue weighted by atomic mass is 9.77. The quantitative estimate of drug-likeness (QED) is 0.425. The summed E-state index contributed by atoms with van der Waals surface area (Å²) in [7, 11) is 3.93. The van der Waals surface area contributed by atoms with E-state index in [9.17, 15) is 4.79 Å². The van der Waals surface area contributed by atoms with E-state index in [1.807, 2.05) is 0 Å². The number of nitrogens with zero attached hydrogens (tertiary/aromatic N) is 2. The van der Waals surface area contributed by atoms with E-state index in [-0.39, 0.29) is 18.0 Å². The molecule has 0 radical (unpaired) electrons. The SMILES string of the molecule is Cc1ccc(C2CC(=O)[C@@H]3CN(C)C(c4ccccc4)C[C@@H]3N2SI)cc1. The summed E-state index contributed by atoms with van der Waals surface area (Å²) in [4.78, 5) is 15.4. The molecule has 3 nitrogen and oxygen atoms in total. The Morgan fingerprint density at radius 3 is 2.33 bits per heavy atom. The summed E-state index contributed by atoms with van der Waals surface area (Å²) in [5.74, 6) is 0.532. The van der Waals surface area contributed by atoms with Gasteiger partial charge in [0.25, 0.3) is 0 Å². The van der Waals surface area contributed by atoms with Gasteiger partial charge in [0.2, 0.25) is 0 Å². The van der Waals surface area contributed by atoms with Crippen LogP contribution in [0.5, 0.6) is 0 Å². The van der Waals surface area contributed by atoms with Crippen LogP contribution in [-0.4, -0.2) is 34.6 Å². The lowest BCUT2D eigenvalue weighted by Gasteiger charge is -2.50. The Balaban J connectivity index is 1.65. The molecule has 0 saturated carbocycles. The normalized spacial score (nSPS) is 29.5. The first kappa shape index (κ1) is 19.4.